The normalized spacial score (nSPS) is 17.9. The van der Waals surface area contributed by atoms with Gasteiger partial charge in [-0.2, -0.15) is 0 Å². The number of carbonyl (C=O) groups is 2. The molecule has 2 amide bonds. The number of benzene rings is 3. The van der Waals surface area contributed by atoms with E-state index in [1.54, 1.807) is 0 Å². The Balaban J connectivity index is 1.58. The van der Waals surface area contributed by atoms with Gasteiger partial charge in [0.15, 0.2) is 17.5 Å². The van der Waals surface area contributed by atoms with Gasteiger partial charge in [0.05, 0.1) is 32.2 Å². The summed E-state index contributed by atoms with van der Waals surface area (Å²) in [6.45, 7) is 0. The summed E-state index contributed by atoms with van der Waals surface area (Å²) in [5.74, 6) is -9.73. The van der Waals surface area contributed by atoms with Crippen LogP contribution >= 0.6 is 58.0 Å². The Labute approximate surface area is 231 Å². The molecule has 1 aliphatic rings. The van der Waals surface area contributed by atoms with E-state index in [4.69, 9.17) is 63.7 Å². The maximum atomic E-state index is 14.4. The number of nitrogens with one attached hydrogen (secondary N) is 2. The standard InChI is InChI=1S/C23H12Cl5F4N3O2/c24-10-3-7(4-11(25)17(10)26)15-16(23(15,27)28)22(37)34-8-5-9(18(31)13(30)6-8)21(36)35-20-12(29)1-2-14(33)19(20)32/h1-6,15-16H,33H2,(H,34,37)(H,35,36)/t15-,16?/m0/s1. The number of nitrogens with two attached hydrogens (primary N) is 1. The third kappa shape index (κ3) is 5.15. The number of rotatable bonds is 5. The highest BCUT2D eigenvalue weighted by molar-refractivity contribution is 6.54. The minimum atomic E-state index is -1.63. The number of nitrogen functional groups attached to an aromatic ring is 1. The number of hydrogen-bond donors (Lipinski definition) is 3. The summed E-state index contributed by atoms with van der Waals surface area (Å²) >= 11 is 30.6. The van der Waals surface area contributed by atoms with Crippen LogP contribution < -0.4 is 16.4 Å². The van der Waals surface area contributed by atoms with Crippen molar-refractivity contribution < 1.29 is 27.2 Å². The molecule has 0 aliphatic heterocycles. The molecule has 3 aromatic rings. The van der Waals surface area contributed by atoms with E-state index in [1.807, 2.05) is 5.32 Å². The number of amides is 2. The van der Waals surface area contributed by atoms with Crippen LogP contribution in [0.3, 0.4) is 0 Å². The lowest BCUT2D eigenvalue weighted by Crippen LogP contribution is -2.20. The van der Waals surface area contributed by atoms with E-state index >= 15 is 0 Å². The molecule has 0 heterocycles. The van der Waals surface area contributed by atoms with Gasteiger partial charge >= 0.3 is 0 Å². The van der Waals surface area contributed by atoms with E-state index < -0.39 is 68.2 Å². The Bertz CT molecular complexity index is 1450. The molecule has 1 aliphatic carbocycles. The van der Waals surface area contributed by atoms with Crippen LogP contribution in [0.5, 0.6) is 0 Å². The Morgan fingerprint density at radius 1 is 0.865 bits per heavy atom. The van der Waals surface area contributed by atoms with Crippen molar-refractivity contribution in [2.45, 2.75) is 10.3 Å². The summed E-state index contributed by atoms with van der Waals surface area (Å²) in [6.07, 6.45) is 0. The van der Waals surface area contributed by atoms with Gasteiger partial charge < -0.3 is 16.4 Å². The molecule has 4 rings (SSSR count). The van der Waals surface area contributed by atoms with Gasteiger partial charge in [0.1, 0.15) is 15.8 Å². The van der Waals surface area contributed by atoms with Crippen LogP contribution in [-0.4, -0.2) is 16.1 Å². The SMILES string of the molecule is Nc1ccc(F)c(NC(=O)c2cc(NC(=O)C3[C@H](c4cc(Cl)c(Cl)c(Cl)c4)C3(Cl)Cl)cc(F)c2F)c1F. The van der Waals surface area contributed by atoms with Crippen LogP contribution in [0.25, 0.3) is 0 Å². The van der Waals surface area contributed by atoms with Crippen LogP contribution in [0.2, 0.25) is 15.1 Å². The van der Waals surface area contributed by atoms with E-state index in [0.29, 0.717) is 11.6 Å². The second-order valence-electron chi connectivity index (χ2n) is 8.02. The molecule has 2 atom stereocenters. The van der Waals surface area contributed by atoms with Crippen molar-refractivity contribution in [1.82, 2.24) is 0 Å². The Kier molecular flexibility index (Phi) is 7.49. The van der Waals surface area contributed by atoms with Gasteiger partial charge in [-0.3, -0.25) is 9.59 Å². The molecule has 3 aromatic carbocycles. The molecule has 0 radical (unpaired) electrons. The number of alkyl halides is 2. The van der Waals surface area contributed by atoms with E-state index in [0.717, 1.165) is 18.2 Å². The molecular weight excluding hydrogens is 604 g/mol. The van der Waals surface area contributed by atoms with Crippen LogP contribution in [0.4, 0.5) is 34.6 Å². The highest BCUT2D eigenvalue weighted by atomic mass is 35.5. The first-order valence-electron chi connectivity index (χ1n) is 10.1. The van der Waals surface area contributed by atoms with Gasteiger partial charge in [-0.15, -0.1) is 23.2 Å². The fourth-order valence-electron chi connectivity index (χ4n) is 3.73. The monoisotopic (exact) mass is 613 g/mol. The first-order valence-corrected chi connectivity index (χ1v) is 12.0. The molecule has 0 spiro atoms. The first-order chi connectivity index (χ1) is 17.2. The lowest BCUT2D eigenvalue weighted by Gasteiger charge is -2.12. The smallest absolute Gasteiger partial charge is 0.258 e. The molecule has 0 aromatic heterocycles. The lowest BCUT2D eigenvalue weighted by atomic mass is 10.1. The van der Waals surface area contributed by atoms with Crippen molar-refractivity contribution in [3.8, 4) is 0 Å². The van der Waals surface area contributed by atoms with Crippen molar-refractivity contribution in [3.63, 3.8) is 0 Å². The van der Waals surface area contributed by atoms with Crippen molar-refractivity contribution in [2.75, 3.05) is 16.4 Å². The van der Waals surface area contributed by atoms with Gasteiger partial charge in [0, 0.05) is 17.7 Å². The fourth-order valence-corrected chi connectivity index (χ4v) is 5.17. The maximum absolute atomic E-state index is 14.4. The largest absolute Gasteiger partial charge is 0.396 e. The Morgan fingerprint density at radius 3 is 2.11 bits per heavy atom. The third-order valence-corrected chi connectivity index (χ3v) is 7.74. The second-order valence-corrected chi connectivity index (χ2v) is 10.7. The molecule has 0 saturated heterocycles. The van der Waals surface area contributed by atoms with Crippen molar-refractivity contribution >= 4 is 86.9 Å². The lowest BCUT2D eigenvalue weighted by molar-refractivity contribution is -0.117. The third-order valence-electron chi connectivity index (χ3n) is 5.60. The molecule has 14 heteroatoms. The van der Waals surface area contributed by atoms with Crippen molar-refractivity contribution in [1.29, 1.82) is 0 Å². The van der Waals surface area contributed by atoms with Gasteiger partial charge in [-0.05, 0) is 35.9 Å². The molecular formula is C23H12Cl5F4N3O2. The predicted molar refractivity (Wildman–Crippen MR) is 136 cm³/mol. The molecule has 1 unspecified atom stereocenters. The van der Waals surface area contributed by atoms with Crippen LogP contribution in [0.15, 0.2) is 36.4 Å². The minimum absolute atomic E-state index is 0.0917. The van der Waals surface area contributed by atoms with E-state index in [-0.39, 0.29) is 20.8 Å². The van der Waals surface area contributed by atoms with Gasteiger partial charge in [0.2, 0.25) is 5.91 Å². The van der Waals surface area contributed by atoms with E-state index in [2.05, 4.69) is 5.32 Å². The molecule has 194 valence electrons. The van der Waals surface area contributed by atoms with Crippen LogP contribution in [0.1, 0.15) is 21.8 Å². The van der Waals surface area contributed by atoms with E-state index in [1.165, 1.54) is 12.1 Å². The van der Waals surface area contributed by atoms with Crippen molar-refractivity contribution in [3.05, 3.63) is 85.9 Å². The zero-order valence-electron chi connectivity index (χ0n) is 17.9. The van der Waals surface area contributed by atoms with Gasteiger partial charge in [0.25, 0.3) is 5.91 Å². The zero-order chi connectivity index (χ0) is 27.4. The topological polar surface area (TPSA) is 84.2 Å². The van der Waals surface area contributed by atoms with E-state index in [9.17, 15) is 27.2 Å². The minimum Gasteiger partial charge on any atom is -0.396 e. The quantitative estimate of drug-likeness (QED) is 0.120. The molecule has 0 bridgehead atoms. The molecule has 4 N–H and O–H groups in total. The number of hydrogen-bond acceptors (Lipinski definition) is 3. The zero-order valence-corrected chi connectivity index (χ0v) is 21.7. The second kappa shape index (κ2) is 10.0. The van der Waals surface area contributed by atoms with Crippen molar-refractivity contribution in [2.24, 2.45) is 5.92 Å². The molecule has 1 saturated carbocycles. The first kappa shape index (κ1) is 27.6. The average Bonchev–Trinajstić information content (AvgIpc) is 3.41. The highest BCUT2D eigenvalue weighted by Crippen LogP contribution is 2.65. The summed E-state index contributed by atoms with van der Waals surface area (Å²) in [5, 5.41) is 4.41. The maximum Gasteiger partial charge on any atom is 0.258 e. The predicted octanol–water partition coefficient (Wildman–Crippen LogP) is 7.56. The fraction of sp³-hybridized carbons (Fsp3) is 0.130. The summed E-state index contributed by atoms with van der Waals surface area (Å²) in [7, 11) is 0. The average molecular weight is 616 g/mol. The summed E-state index contributed by atoms with van der Waals surface area (Å²) < 4.78 is 55.2. The molecule has 5 nitrogen and oxygen atoms in total. The molecule has 37 heavy (non-hydrogen) atoms. The van der Waals surface area contributed by atoms with Crippen LogP contribution in [0, 0.1) is 29.2 Å². The summed E-state index contributed by atoms with van der Waals surface area (Å²) in [6, 6.07) is 5.93. The number of halogens is 9. The van der Waals surface area contributed by atoms with Gasteiger partial charge in [-0.25, -0.2) is 17.6 Å². The highest BCUT2D eigenvalue weighted by Gasteiger charge is 2.67. The Morgan fingerprint density at radius 2 is 1.49 bits per heavy atom. The van der Waals surface area contributed by atoms with Gasteiger partial charge in [-0.1, -0.05) is 34.8 Å². The number of anilines is 3. The molecule has 1 fully saturated rings. The summed E-state index contributed by atoms with van der Waals surface area (Å²) in [5.41, 5.74) is 2.99. The number of carbonyl (C=O) groups excluding carboxylic acids is 2. The van der Waals surface area contributed by atoms with Crippen LogP contribution in [-0.2, 0) is 4.79 Å². The summed E-state index contributed by atoms with van der Waals surface area (Å²) in [4.78, 5) is 25.4. The Hall–Kier alpha value is -2.43.